The maximum Gasteiger partial charge on any atom is 0.330 e. The van der Waals surface area contributed by atoms with Gasteiger partial charge in [0.1, 0.15) is 5.75 Å². The lowest BCUT2D eigenvalue weighted by Gasteiger charge is -2.09. The van der Waals surface area contributed by atoms with Gasteiger partial charge in [0.2, 0.25) is 0 Å². The number of aryl methyl sites for hydroxylation is 2. The molecule has 0 spiro atoms. The van der Waals surface area contributed by atoms with Crippen molar-refractivity contribution in [1.82, 2.24) is 4.57 Å². The quantitative estimate of drug-likeness (QED) is 0.480. The molecule has 4 aromatic rings. The van der Waals surface area contributed by atoms with Crippen LogP contribution in [0.4, 0.5) is 10.5 Å². The first kappa shape index (κ1) is 17.9. The highest BCUT2D eigenvalue weighted by atomic mass is 16.5. The molecule has 4 rings (SSSR count). The Kier molecular flexibility index (Phi) is 4.62. The molecule has 28 heavy (non-hydrogen) atoms. The van der Waals surface area contributed by atoms with E-state index >= 15 is 0 Å². The van der Waals surface area contributed by atoms with Crippen LogP contribution in [0, 0.1) is 13.8 Å². The molecule has 4 nitrogen and oxygen atoms in total. The molecule has 1 N–H and O–H groups in total. The lowest BCUT2D eigenvalue weighted by atomic mass is 10.0. The molecule has 0 saturated carbocycles. The van der Waals surface area contributed by atoms with E-state index in [2.05, 4.69) is 30.4 Å². The summed E-state index contributed by atoms with van der Waals surface area (Å²) in [7, 11) is 1.62. The van der Waals surface area contributed by atoms with Gasteiger partial charge in [0, 0.05) is 22.8 Å². The Hall–Kier alpha value is -3.53. The van der Waals surface area contributed by atoms with Crippen LogP contribution in [0.3, 0.4) is 0 Å². The summed E-state index contributed by atoms with van der Waals surface area (Å²) in [5, 5.41) is 3.95. The molecule has 140 valence electrons. The molecule has 0 aliphatic rings. The molecule has 0 aliphatic carbocycles. The summed E-state index contributed by atoms with van der Waals surface area (Å²) in [6.07, 6.45) is 1.88. The van der Waals surface area contributed by atoms with Gasteiger partial charge in [0.25, 0.3) is 0 Å². The topological polar surface area (TPSA) is 43.3 Å². The number of carbonyl (C=O) groups excluding carboxylic acids is 1. The number of rotatable bonds is 3. The second-order valence-corrected chi connectivity index (χ2v) is 6.93. The average Bonchev–Trinajstić information content (AvgIpc) is 3.10. The van der Waals surface area contributed by atoms with Gasteiger partial charge in [-0.1, -0.05) is 59.7 Å². The molecule has 1 aromatic heterocycles. The Morgan fingerprint density at radius 3 is 2.39 bits per heavy atom. The second kappa shape index (κ2) is 7.24. The molecule has 0 radical (unpaired) electrons. The van der Waals surface area contributed by atoms with E-state index in [0.717, 1.165) is 33.3 Å². The first-order valence-electron chi connectivity index (χ1n) is 9.20. The minimum Gasteiger partial charge on any atom is -0.495 e. The fourth-order valence-electron chi connectivity index (χ4n) is 3.44. The van der Waals surface area contributed by atoms with Gasteiger partial charge in [0.15, 0.2) is 0 Å². The van der Waals surface area contributed by atoms with Crippen molar-refractivity contribution in [1.29, 1.82) is 0 Å². The number of nitrogens with one attached hydrogen (secondary N) is 1. The number of ether oxygens (including phenoxy) is 1. The highest BCUT2D eigenvalue weighted by Gasteiger charge is 2.18. The fourth-order valence-corrected chi connectivity index (χ4v) is 3.44. The third kappa shape index (κ3) is 3.25. The van der Waals surface area contributed by atoms with Crippen molar-refractivity contribution in [3.8, 4) is 16.9 Å². The Bertz CT molecular complexity index is 1160. The Morgan fingerprint density at radius 1 is 0.929 bits per heavy atom. The predicted octanol–water partition coefficient (Wildman–Crippen LogP) is 6.01. The first-order chi connectivity index (χ1) is 13.6. The normalized spacial score (nSPS) is 10.8. The van der Waals surface area contributed by atoms with E-state index in [1.54, 1.807) is 11.7 Å². The van der Waals surface area contributed by atoms with Crippen LogP contribution in [0.15, 0.2) is 72.9 Å². The number of hydrogen-bond acceptors (Lipinski definition) is 2. The summed E-state index contributed by atoms with van der Waals surface area (Å²) in [6.45, 7) is 4.08. The maximum atomic E-state index is 13.1. The average molecular weight is 370 g/mol. The standard InChI is InChI=1S/C24H22N2O2/c1-16-10-12-19(13-11-16)25-24(27)26-15-21(18-7-4-6-17(2)14-18)20-8-5-9-22(28-3)23(20)26/h4-15H,1-3H3,(H,25,27). The van der Waals surface area contributed by atoms with Crippen LogP contribution in [0.5, 0.6) is 5.75 Å². The van der Waals surface area contributed by atoms with Crippen LogP contribution in [-0.2, 0) is 0 Å². The van der Waals surface area contributed by atoms with Crippen LogP contribution in [0.1, 0.15) is 11.1 Å². The minimum absolute atomic E-state index is 0.225. The number of hydrogen-bond donors (Lipinski definition) is 1. The molecule has 0 aliphatic heterocycles. The number of methoxy groups -OCH3 is 1. The second-order valence-electron chi connectivity index (χ2n) is 6.93. The number of aromatic nitrogens is 1. The predicted molar refractivity (Wildman–Crippen MR) is 114 cm³/mol. The van der Waals surface area contributed by atoms with Crippen LogP contribution in [0.2, 0.25) is 0 Å². The van der Waals surface area contributed by atoms with E-state index in [-0.39, 0.29) is 6.03 Å². The zero-order chi connectivity index (χ0) is 19.7. The van der Waals surface area contributed by atoms with E-state index in [4.69, 9.17) is 4.74 Å². The molecule has 1 amide bonds. The minimum atomic E-state index is -0.225. The fraction of sp³-hybridized carbons (Fsp3) is 0.125. The van der Waals surface area contributed by atoms with Crippen molar-refractivity contribution < 1.29 is 9.53 Å². The maximum absolute atomic E-state index is 13.1. The Labute approximate surface area is 164 Å². The molecular weight excluding hydrogens is 348 g/mol. The van der Waals surface area contributed by atoms with E-state index in [9.17, 15) is 4.79 Å². The zero-order valence-corrected chi connectivity index (χ0v) is 16.2. The smallest absolute Gasteiger partial charge is 0.330 e. The van der Waals surface area contributed by atoms with Crippen molar-refractivity contribution in [2.45, 2.75) is 13.8 Å². The van der Waals surface area contributed by atoms with E-state index < -0.39 is 0 Å². The summed E-state index contributed by atoms with van der Waals surface area (Å²) in [5.74, 6) is 0.662. The Balaban J connectivity index is 1.85. The third-order valence-electron chi connectivity index (χ3n) is 4.86. The van der Waals surface area contributed by atoms with Crippen molar-refractivity contribution in [2.75, 3.05) is 12.4 Å². The number of fused-ring (bicyclic) bond motifs is 1. The number of amides is 1. The summed E-state index contributed by atoms with van der Waals surface area (Å²) in [6, 6.07) is 21.6. The molecule has 0 unspecified atom stereocenters. The van der Waals surface area contributed by atoms with Crippen molar-refractivity contribution in [3.63, 3.8) is 0 Å². The van der Waals surface area contributed by atoms with Gasteiger partial charge in [-0.3, -0.25) is 4.57 Å². The molecule has 4 heteroatoms. The van der Waals surface area contributed by atoms with Gasteiger partial charge in [0.05, 0.1) is 12.6 Å². The molecule has 3 aromatic carbocycles. The number of para-hydroxylation sites is 1. The zero-order valence-electron chi connectivity index (χ0n) is 16.2. The van der Waals surface area contributed by atoms with Crippen LogP contribution >= 0.6 is 0 Å². The highest BCUT2D eigenvalue weighted by molar-refractivity contribution is 6.06. The molecule has 0 atom stereocenters. The summed E-state index contributed by atoms with van der Waals surface area (Å²) < 4.78 is 7.19. The van der Waals surface area contributed by atoms with Gasteiger partial charge >= 0.3 is 6.03 Å². The summed E-state index contributed by atoms with van der Waals surface area (Å²) in [4.78, 5) is 13.1. The monoisotopic (exact) mass is 370 g/mol. The molecule has 1 heterocycles. The number of nitrogens with zero attached hydrogens (tertiary/aromatic N) is 1. The van der Waals surface area contributed by atoms with Crippen molar-refractivity contribution >= 4 is 22.6 Å². The van der Waals surface area contributed by atoms with E-state index in [1.807, 2.05) is 61.7 Å². The van der Waals surface area contributed by atoms with Crippen molar-refractivity contribution in [2.24, 2.45) is 0 Å². The number of carbonyl (C=O) groups is 1. The summed E-state index contributed by atoms with van der Waals surface area (Å²) in [5.41, 5.74) is 5.89. The molecule has 0 bridgehead atoms. The Morgan fingerprint density at radius 2 is 1.68 bits per heavy atom. The molecule has 0 saturated heterocycles. The highest BCUT2D eigenvalue weighted by Crippen LogP contribution is 2.36. The van der Waals surface area contributed by atoms with Crippen LogP contribution < -0.4 is 10.1 Å². The summed E-state index contributed by atoms with van der Waals surface area (Å²) >= 11 is 0. The van der Waals surface area contributed by atoms with Gasteiger partial charge < -0.3 is 10.1 Å². The van der Waals surface area contributed by atoms with Crippen molar-refractivity contribution in [3.05, 3.63) is 84.1 Å². The van der Waals surface area contributed by atoms with Gasteiger partial charge in [-0.2, -0.15) is 0 Å². The SMILES string of the molecule is COc1cccc2c(-c3cccc(C)c3)cn(C(=O)Nc3ccc(C)cc3)c12. The van der Waals surface area contributed by atoms with Gasteiger partial charge in [-0.15, -0.1) is 0 Å². The number of benzene rings is 3. The van der Waals surface area contributed by atoms with E-state index in [1.165, 1.54) is 5.56 Å². The van der Waals surface area contributed by atoms with Crippen LogP contribution in [0.25, 0.3) is 22.0 Å². The largest absolute Gasteiger partial charge is 0.495 e. The lowest BCUT2D eigenvalue weighted by Crippen LogP contribution is -2.18. The van der Waals surface area contributed by atoms with Crippen LogP contribution in [-0.4, -0.2) is 17.7 Å². The third-order valence-corrected chi connectivity index (χ3v) is 4.86. The molecular formula is C24H22N2O2. The van der Waals surface area contributed by atoms with E-state index in [0.29, 0.717) is 5.75 Å². The van der Waals surface area contributed by atoms with Gasteiger partial charge in [-0.05, 0) is 37.6 Å². The number of anilines is 1. The lowest BCUT2D eigenvalue weighted by molar-refractivity contribution is 0.254. The van der Waals surface area contributed by atoms with Gasteiger partial charge in [-0.25, -0.2) is 4.79 Å². The molecule has 0 fully saturated rings. The first-order valence-corrected chi connectivity index (χ1v) is 9.20.